The van der Waals surface area contributed by atoms with Crippen LogP contribution in [0.25, 0.3) is 0 Å². The molecule has 196 valence electrons. The molecule has 37 heavy (non-hydrogen) atoms. The fourth-order valence-electron chi connectivity index (χ4n) is 3.42. The van der Waals surface area contributed by atoms with Crippen molar-refractivity contribution in [3.8, 4) is 11.8 Å². The summed E-state index contributed by atoms with van der Waals surface area (Å²) in [5.74, 6) is -3.07. The predicted octanol–water partition coefficient (Wildman–Crippen LogP) is 5.88. The van der Waals surface area contributed by atoms with Gasteiger partial charge >= 0.3 is 18.3 Å². The lowest BCUT2D eigenvalue weighted by Crippen LogP contribution is -2.49. The Bertz CT molecular complexity index is 1270. The van der Waals surface area contributed by atoms with Gasteiger partial charge in [-0.3, -0.25) is 4.79 Å². The first kappa shape index (κ1) is 27.9. The smallest absolute Gasteiger partial charge is 0.373 e. The number of hydrogen-bond acceptors (Lipinski definition) is 2. The van der Waals surface area contributed by atoms with Crippen LogP contribution in [0, 0.1) is 11.8 Å². The summed E-state index contributed by atoms with van der Waals surface area (Å²) in [5.41, 5.74) is -8.26. The number of carbonyl (C=O) groups excluding carboxylic acids is 1. The molecule has 1 amide bonds. The van der Waals surface area contributed by atoms with Crippen LogP contribution in [0.1, 0.15) is 22.3 Å². The van der Waals surface area contributed by atoms with Crippen molar-refractivity contribution in [2.24, 2.45) is 0 Å². The number of hydrogen-bond donors (Lipinski definition) is 2. The number of allylic oxidation sites excluding steroid dienone is 2. The van der Waals surface area contributed by atoms with Gasteiger partial charge in [-0.1, -0.05) is 48.2 Å². The van der Waals surface area contributed by atoms with Crippen molar-refractivity contribution in [3.05, 3.63) is 94.7 Å². The van der Waals surface area contributed by atoms with Gasteiger partial charge in [0.25, 0.3) is 5.91 Å². The fourth-order valence-corrected chi connectivity index (χ4v) is 3.42. The molecule has 1 aliphatic carbocycles. The first-order valence-electron chi connectivity index (χ1n) is 10.3. The summed E-state index contributed by atoms with van der Waals surface area (Å²) in [6.45, 7) is 0. The van der Waals surface area contributed by atoms with Gasteiger partial charge in [-0.15, -0.1) is 0 Å². The van der Waals surface area contributed by atoms with E-state index in [1.807, 2.05) is 11.2 Å². The summed E-state index contributed by atoms with van der Waals surface area (Å²) in [6.07, 6.45) is -18.1. The maximum atomic E-state index is 14.7. The molecule has 0 aliphatic heterocycles. The molecule has 3 nitrogen and oxygen atoms in total. The van der Waals surface area contributed by atoms with Crippen LogP contribution in [0.5, 0.6) is 0 Å². The number of nitrogens with one attached hydrogen (secondary N) is 1. The van der Waals surface area contributed by atoms with E-state index in [0.29, 0.717) is 0 Å². The molecule has 2 N–H and O–H groups in total. The van der Waals surface area contributed by atoms with Crippen LogP contribution in [0.2, 0.25) is 0 Å². The van der Waals surface area contributed by atoms with Gasteiger partial charge in [0, 0.05) is 28.8 Å². The van der Waals surface area contributed by atoms with Gasteiger partial charge < -0.3 is 10.4 Å². The van der Waals surface area contributed by atoms with Gasteiger partial charge in [0.05, 0.1) is 5.57 Å². The van der Waals surface area contributed by atoms with E-state index in [2.05, 4.69) is 5.92 Å². The van der Waals surface area contributed by atoms with E-state index >= 15 is 0 Å². The van der Waals surface area contributed by atoms with Crippen LogP contribution in [-0.2, 0) is 0 Å². The summed E-state index contributed by atoms with van der Waals surface area (Å²) in [7, 11) is 0. The van der Waals surface area contributed by atoms with E-state index < -0.39 is 59.2 Å². The Morgan fingerprint density at radius 3 is 1.97 bits per heavy atom. The number of alkyl halides is 9. The molecular weight excluding hydrogens is 517 g/mol. The molecule has 0 saturated heterocycles. The van der Waals surface area contributed by atoms with Gasteiger partial charge in [0.15, 0.2) is 11.8 Å². The van der Waals surface area contributed by atoms with Gasteiger partial charge in [0.2, 0.25) is 0 Å². The van der Waals surface area contributed by atoms with Crippen LogP contribution in [0.3, 0.4) is 0 Å². The highest BCUT2D eigenvalue weighted by Crippen LogP contribution is 2.47. The highest BCUT2D eigenvalue weighted by molar-refractivity contribution is 5.95. The Morgan fingerprint density at radius 1 is 0.919 bits per heavy atom. The number of halogens is 9. The second kappa shape index (κ2) is 9.97. The number of benzene rings is 2. The van der Waals surface area contributed by atoms with Gasteiger partial charge in [-0.25, -0.2) is 4.39 Å². The van der Waals surface area contributed by atoms with Crippen molar-refractivity contribution >= 4 is 5.91 Å². The third-order valence-electron chi connectivity index (χ3n) is 5.29. The lowest BCUT2D eigenvalue weighted by molar-refractivity contribution is -0.298. The first-order chi connectivity index (χ1) is 17.1. The Balaban J connectivity index is 2.19. The molecule has 1 aliphatic rings. The van der Waals surface area contributed by atoms with Gasteiger partial charge in [-0.2, -0.15) is 35.1 Å². The third kappa shape index (κ3) is 5.99. The average Bonchev–Trinajstić information content (AvgIpc) is 2.82. The van der Waals surface area contributed by atoms with Gasteiger partial charge in [-0.05, 0) is 30.3 Å². The minimum Gasteiger partial charge on any atom is -0.373 e. The van der Waals surface area contributed by atoms with E-state index in [1.54, 1.807) is 6.07 Å². The van der Waals surface area contributed by atoms with Crippen molar-refractivity contribution in [1.29, 1.82) is 0 Å². The van der Waals surface area contributed by atoms with Gasteiger partial charge in [0.1, 0.15) is 0 Å². The molecule has 0 aromatic heterocycles. The molecule has 2 unspecified atom stereocenters. The quantitative estimate of drug-likeness (QED) is 0.381. The van der Waals surface area contributed by atoms with Crippen LogP contribution in [0.15, 0.2) is 83.6 Å². The summed E-state index contributed by atoms with van der Waals surface area (Å²) in [6, 6.07) is 13.9. The van der Waals surface area contributed by atoms with Crippen LogP contribution < -0.4 is 5.32 Å². The van der Waals surface area contributed by atoms with Crippen molar-refractivity contribution < 1.29 is 49.4 Å². The molecule has 2 aromatic rings. The topological polar surface area (TPSA) is 49.3 Å². The molecule has 0 bridgehead atoms. The second-order valence-corrected chi connectivity index (χ2v) is 7.95. The number of amides is 1. The lowest BCUT2D eigenvalue weighted by Gasteiger charge is -2.35. The van der Waals surface area contributed by atoms with E-state index in [1.165, 1.54) is 54.6 Å². The highest BCUT2D eigenvalue weighted by atomic mass is 19.4. The monoisotopic (exact) mass is 533 g/mol. The third-order valence-corrected chi connectivity index (χ3v) is 5.29. The Morgan fingerprint density at radius 2 is 1.46 bits per heavy atom. The SMILES string of the molecule is O=C(NC1=C(C(F)C(F)(F)C(F)(F)F)C=C(C(F)(F)F)C(O)(C#Cc2ccccc2)C1)c1ccccc1. The minimum atomic E-state index is -6.47. The Kier molecular flexibility index (Phi) is 7.51. The van der Waals surface area contributed by atoms with E-state index in [0.717, 1.165) is 0 Å². The number of rotatable bonds is 4. The maximum Gasteiger partial charge on any atom is 0.456 e. The molecule has 3 rings (SSSR count). The van der Waals surface area contributed by atoms with Crippen molar-refractivity contribution in [3.63, 3.8) is 0 Å². The molecule has 2 aromatic carbocycles. The molecule has 0 heterocycles. The molecule has 0 fully saturated rings. The fraction of sp³-hybridized carbons (Fsp3) is 0.240. The molecule has 2 atom stereocenters. The van der Waals surface area contributed by atoms with E-state index in [9.17, 15) is 49.4 Å². The summed E-state index contributed by atoms with van der Waals surface area (Å²) >= 11 is 0. The lowest BCUT2D eigenvalue weighted by atomic mass is 9.80. The van der Waals surface area contributed by atoms with Crippen molar-refractivity contribution in [2.75, 3.05) is 0 Å². The molecule has 0 saturated carbocycles. The standard InChI is InChI=1S/C25H16F9NO2/c26-20(23(27,28)25(32,33)34)17-13-19(24(29,30)31)22(37,12-11-15-7-3-1-4-8-15)14-18(17)35-21(36)16-9-5-2-6-10-16/h1-10,13,20,37H,14H2,(H,35,36). The summed E-state index contributed by atoms with van der Waals surface area (Å²) in [5, 5.41) is 12.7. The molecule has 0 radical (unpaired) electrons. The van der Waals surface area contributed by atoms with E-state index in [-0.39, 0.29) is 17.2 Å². The molecule has 0 spiro atoms. The van der Waals surface area contributed by atoms with Crippen molar-refractivity contribution in [1.82, 2.24) is 5.32 Å². The highest BCUT2D eigenvalue weighted by Gasteiger charge is 2.65. The van der Waals surface area contributed by atoms with E-state index in [4.69, 9.17) is 0 Å². The Labute approximate surface area is 204 Å². The number of aliphatic hydroxyl groups is 1. The summed E-state index contributed by atoms with van der Waals surface area (Å²) in [4.78, 5) is 12.6. The molecule has 12 heteroatoms. The van der Waals surface area contributed by atoms with Crippen LogP contribution in [0.4, 0.5) is 39.5 Å². The van der Waals surface area contributed by atoms with Crippen molar-refractivity contribution in [2.45, 2.75) is 36.5 Å². The second-order valence-electron chi connectivity index (χ2n) is 7.95. The zero-order valence-corrected chi connectivity index (χ0v) is 18.4. The van der Waals surface area contributed by atoms with Crippen LogP contribution >= 0.6 is 0 Å². The summed E-state index contributed by atoms with van der Waals surface area (Å²) < 4.78 is 123. The predicted molar refractivity (Wildman–Crippen MR) is 114 cm³/mol. The first-order valence-corrected chi connectivity index (χ1v) is 10.3. The normalized spacial score (nSPS) is 19.5. The molecular formula is C25H16F9NO2. The minimum absolute atomic E-state index is 0.133. The maximum absolute atomic E-state index is 14.7. The average molecular weight is 533 g/mol. The zero-order chi connectivity index (χ0) is 27.6. The zero-order valence-electron chi connectivity index (χ0n) is 18.4. The largest absolute Gasteiger partial charge is 0.456 e. The Hall–Kier alpha value is -3.72. The number of carbonyl (C=O) groups is 1. The van der Waals surface area contributed by atoms with Crippen LogP contribution in [-0.4, -0.2) is 41.1 Å².